The Morgan fingerprint density at radius 2 is 1.82 bits per heavy atom. The summed E-state index contributed by atoms with van der Waals surface area (Å²) in [6, 6.07) is -0.776. The van der Waals surface area contributed by atoms with Gasteiger partial charge in [-0.15, -0.1) is 0 Å². The topological polar surface area (TPSA) is 239 Å². The molecule has 2 aliphatic rings. The average Bonchev–Trinajstić information content (AvgIpc) is 2.82. The van der Waals surface area contributed by atoms with E-state index in [1.807, 2.05) is 0 Å². The minimum atomic E-state index is -5.66. The summed E-state index contributed by atoms with van der Waals surface area (Å²) >= 11 is -1.12. The molecule has 0 radical (unpaired) electrons. The van der Waals surface area contributed by atoms with Crippen molar-refractivity contribution in [1.82, 2.24) is 10.2 Å². The van der Waals surface area contributed by atoms with Crippen LogP contribution in [-0.2, 0) is 31.6 Å². The number of phosphoric acid groups is 3. The predicted octanol–water partition coefficient (Wildman–Crippen LogP) is -0.319. The van der Waals surface area contributed by atoms with Gasteiger partial charge in [-0.25, -0.2) is 18.5 Å². The Balaban J connectivity index is 1.93. The molecule has 2 rings (SSSR count). The first kappa shape index (κ1) is 24.1. The van der Waals surface area contributed by atoms with Crippen LogP contribution in [0, 0.1) is 0 Å². The van der Waals surface area contributed by atoms with Crippen LogP contribution in [-0.4, -0.2) is 68.7 Å². The summed E-state index contributed by atoms with van der Waals surface area (Å²) in [5.41, 5.74) is 0. The molecule has 0 aromatic carbocycles. The maximum atomic E-state index is 11.7. The zero-order valence-corrected chi connectivity index (χ0v) is 18.1. The van der Waals surface area contributed by atoms with E-state index in [4.69, 9.17) is 19.4 Å². The quantitative estimate of drug-likeness (QED) is 0.0932. The first-order chi connectivity index (χ1) is 12.7. The van der Waals surface area contributed by atoms with Crippen LogP contribution in [0.5, 0.6) is 0 Å². The molecule has 5 atom stereocenters. The monoisotopic (exact) mass is 582 g/mol. The standard InChI is InChI=1S/C8H14IN2O14P3/c12-4-1-6(11-3-9-7(13)10-8(11)14)23-5(4)2-22-27(18,19)25-28(20,21)24-26(15,16)17/h3-6,12H,1-2H2,(H,18,19)(H,20,21)(H,10,13,14)(H2,15,16,17)/t4-,5+,6+/m0/s1. The van der Waals surface area contributed by atoms with Crippen molar-refractivity contribution >= 4 is 58.3 Å². The smallest absolute Gasteiger partial charge is 0.390 e. The number of imide groups is 1. The number of amides is 3. The number of phosphoric ester groups is 1. The lowest BCUT2D eigenvalue weighted by atomic mass is 10.2. The predicted molar refractivity (Wildman–Crippen MR) is 95.0 cm³/mol. The third-order valence-corrected chi connectivity index (χ3v) is 8.54. The minimum absolute atomic E-state index is 0.133. The van der Waals surface area contributed by atoms with Crippen LogP contribution in [0.3, 0.4) is 0 Å². The molecule has 0 aromatic rings. The second kappa shape index (κ2) is 8.93. The molecule has 0 aliphatic carbocycles. The molecular weight excluding hydrogens is 568 g/mol. The number of halogens is 1. The van der Waals surface area contributed by atoms with E-state index in [0.717, 1.165) is 4.90 Å². The maximum Gasteiger partial charge on any atom is 0.490 e. The second-order valence-electron chi connectivity index (χ2n) is 5.14. The zero-order chi connectivity index (χ0) is 21.3. The van der Waals surface area contributed by atoms with E-state index in [1.54, 1.807) is 0 Å². The molecule has 3 amide bonds. The minimum Gasteiger partial charge on any atom is -0.390 e. The van der Waals surface area contributed by atoms with Crippen LogP contribution in [0.15, 0.2) is 0 Å². The van der Waals surface area contributed by atoms with Crippen molar-refractivity contribution in [2.45, 2.75) is 24.9 Å². The highest BCUT2D eigenvalue weighted by atomic mass is 127. The Hall–Kier alpha value is -0.130. The first-order valence-corrected chi connectivity index (χ1v) is 13.7. The van der Waals surface area contributed by atoms with Crippen molar-refractivity contribution in [2.75, 3.05) is 6.61 Å². The van der Waals surface area contributed by atoms with Gasteiger partial charge in [-0.1, -0.05) is 0 Å². The Kier molecular flexibility index (Phi) is 7.70. The highest BCUT2D eigenvalue weighted by molar-refractivity contribution is 14.2. The average molecular weight is 582 g/mol. The van der Waals surface area contributed by atoms with Crippen LogP contribution < -0.4 is 5.32 Å². The summed E-state index contributed by atoms with van der Waals surface area (Å²) in [6.07, 6.45) is -3.69. The lowest BCUT2D eigenvalue weighted by molar-refractivity contribution is -0.0462. The number of aliphatic hydroxyl groups is 1. The Morgan fingerprint density at radius 3 is 2.39 bits per heavy atom. The highest BCUT2D eigenvalue weighted by Gasteiger charge is 2.44. The molecule has 2 heterocycles. The number of urea groups is 1. The molecule has 20 heteroatoms. The number of nitrogens with zero attached hydrogens (tertiary/aromatic N) is 1. The number of carbonyl (C=O) groups excluding carboxylic acids is 2. The molecule has 1 fully saturated rings. The number of hydrogen-bond donors (Lipinski definition) is 6. The maximum absolute atomic E-state index is 11.7. The molecular formula is C8H14IN2O14P3. The number of carbonyl (C=O) groups is 2. The molecule has 6 N–H and O–H groups in total. The van der Waals surface area contributed by atoms with E-state index in [9.17, 15) is 33.3 Å². The van der Waals surface area contributed by atoms with Crippen molar-refractivity contribution in [3.63, 3.8) is 0 Å². The van der Waals surface area contributed by atoms with Crippen molar-refractivity contribution < 1.29 is 65.8 Å². The molecule has 2 unspecified atom stereocenters. The van der Waals surface area contributed by atoms with E-state index in [1.165, 1.54) is 4.14 Å². The summed E-state index contributed by atoms with van der Waals surface area (Å²) in [7, 11) is -16.5. The van der Waals surface area contributed by atoms with Crippen LogP contribution in [0.1, 0.15) is 6.42 Å². The molecule has 2 aliphatic heterocycles. The van der Waals surface area contributed by atoms with E-state index < -0.39 is 79.2 Å². The largest absolute Gasteiger partial charge is 0.490 e. The van der Waals surface area contributed by atoms with E-state index in [0.29, 0.717) is 0 Å². The first-order valence-electron chi connectivity index (χ1n) is 6.89. The lowest BCUT2D eigenvalue weighted by Crippen LogP contribution is -2.48. The molecule has 0 spiro atoms. The van der Waals surface area contributed by atoms with Gasteiger partial charge >= 0.3 is 29.5 Å². The van der Waals surface area contributed by atoms with Gasteiger partial charge in [0.2, 0.25) is 0 Å². The molecule has 0 saturated carbocycles. The van der Waals surface area contributed by atoms with Gasteiger partial charge in [0, 0.05) is 31.3 Å². The number of rotatable bonds is 8. The van der Waals surface area contributed by atoms with Crippen molar-refractivity contribution in [1.29, 1.82) is 0 Å². The van der Waals surface area contributed by atoms with Crippen molar-refractivity contribution in [3.05, 3.63) is 0 Å². The fourth-order valence-electron chi connectivity index (χ4n) is 2.02. The van der Waals surface area contributed by atoms with Crippen LogP contribution >= 0.6 is 44.2 Å². The third-order valence-electron chi connectivity index (χ3n) is 3.03. The molecule has 162 valence electrons. The van der Waals surface area contributed by atoms with Gasteiger partial charge in [0.15, 0.2) is 0 Å². The van der Waals surface area contributed by atoms with Gasteiger partial charge in [-0.05, 0) is 0 Å². The van der Waals surface area contributed by atoms with Crippen LogP contribution in [0.4, 0.5) is 9.59 Å². The summed E-state index contributed by atoms with van der Waals surface area (Å²) < 4.78 is 51.1. The molecule has 0 aromatic heterocycles. The number of hydrogen-bond acceptors (Lipinski definition) is 10. The summed E-state index contributed by atoms with van der Waals surface area (Å²) in [5, 5.41) is 12.0. The van der Waals surface area contributed by atoms with Gasteiger partial charge in [0.1, 0.15) is 12.3 Å². The molecule has 16 nitrogen and oxygen atoms in total. The van der Waals surface area contributed by atoms with E-state index in [-0.39, 0.29) is 6.42 Å². The fourth-order valence-corrected chi connectivity index (χ4v) is 6.60. The summed E-state index contributed by atoms with van der Waals surface area (Å²) in [5.74, 6) is 0. The van der Waals surface area contributed by atoms with Gasteiger partial charge in [0.05, 0.1) is 12.7 Å². The van der Waals surface area contributed by atoms with Gasteiger partial charge in [-0.3, -0.25) is 19.5 Å². The highest BCUT2D eigenvalue weighted by Crippen LogP contribution is 2.66. The fraction of sp³-hybridized carbons (Fsp3) is 0.625. The lowest BCUT2D eigenvalue weighted by Gasteiger charge is -2.26. The number of aliphatic hydroxyl groups excluding tert-OH is 1. The van der Waals surface area contributed by atoms with Crippen molar-refractivity contribution in [2.24, 2.45) is 0 Å². The summed E-state index contributed by atoms with van der Waals surface area (Å²) in [6.45, 7) is -0.856. The molecule has 1 saturated heterocycles. The second-order valence-corrected chi connectivity index (χ2v) is 11.7. The van der Waals surface area contributed by atoms with Gasteiger partial charge < -0.3 is 29.4 Å². The molecule has 0 bridgehead atoms. The van der Waals surface area contributed by atoms with Crippen molar-refractivity contribution in [3.8, 4) is 0 Å². The molecule has 28 heavy (non-hydrogen) atoms. The Morgan fingerprint density at radius 1 is 1.18 bits per heavy atom. The Labute approximate surface area is 165 Å². The zero-order valence-electron chi connectivity index (χ0n) is 13.3. The van der Waals surface area contributed by atoms with Gasteiger partial charge in [0.25, 0.3) is 3.91 Å². The number of nitrogens with one attached hydrogen (secondary N) is 1. The normalized spacial score (nSPS) is 30.3. The van der Waals surface area contributed by atoms with E-state index in [2.05, 4.69) is 18.5 Å². The van der Waals surface area contributed by atoms with Crippen LogP contribution in [0.2, 0.25) is 0 Å². The summed E-state index contributed by atoms with van der Waals surface area (Å²) in [4.78, 5) is 59.2. The SMILES string of the molecule is O=C1NC(=O)N([C@H]2C[C@H](O)[C@@H](COP(=O)(O)OP(=O)(O)OP(=O)(O)O)O2)C=I1. The third kappa shape index (κ3) is 7.28. The number of ether oxygens (including phenoxy) is 1. The van der Waals surface area contributed by atoms with Gasteiger partial charge in [-0.2, -0.15) is 8.62 Å². The Bertz CT molecular complexity index is 812. The van der Waals surface area contributed by atoms with Crippen LogP contribution in [0.25, 0.3) is 0 Å². The van der Waals surface area contributed by atoms with E-state index >= 15 is 0 Å².